The number of nitrogens with zero attached hydrogens (tertiary/aromatic N) is 1. The molecule has 0 unspecified atom stereocenters. The summed E-state index contributed by atoms with van der Waals surface area (Å²) in [7, 11) is -2.61. The summed E-state index contributed by atoms with van der Waals surface area (Å²) in [6.45, 7) is 0. The van der Waals surface area contributed by atoms with Crippen LogP contribution in [0.1, 0.15) is 5.56 Å². The zero-order valence-electron chi connectivity index (χ0n) is 11.0. The van der Waals surface area contributed by atoms with E-state index in [1.54, 1.807) is 24.3 Å². The fourth-order valence-electron chi connectivity index (χ4n) is 1.61. The van der Waals surface area contributed by atoms with Crippen molar-refractivity contribution in [3.05, 3.63) is 53.1 Å². The van der Waals surface area contributed by atoms with Crippen LogP contribution in [0.25, 0.3) is 0 Å². The molecule has 2 aromatic rings. The van der Waals surface area contributed by atoms with Gasteiger partial charge >= 0.3 is 0 Å². The Bertz CT molecular complexity index is 770. The molecule has 2 rings (SSSR count). The lowest BCUT2D eigenvalue weighted by Gasteiger charge is -2.06. The summed E-state index contributed by atoms with van der Waals surface area (Å²) in [5.74, 6) is -0.0595. The predicted molar refractivity (Wildman–Crippen MR) is 80.9 cm³/mol. The Kier molecular flexibility index (Phi) is 4.50. The molecule has 5 nitrogen and oxygen atoms in total. The minimum atomic E-state index is -3.93. The van der Waals surface area contributed by atoms with Crippen LogP contribution in [0.15, 0.2) is 51.8 Å². The summed E-state index contributed by atoms with van der Waals surface area (Å²) >= 11 is 5.75. The predicted octanol–water partition coefficient (Wildman–Crippen LogP) is 2.86. The van der Waals surface area contributed by atoms with Crippen molar-refractivity contribution < 1.29 is 18.3 Å². The lowest BCUT2D eigenvalue weighted by molar-refractivity contribution is 0.396. The molecule has 0 saturated heterocycles. The zero-order chi connectivity index (χ0) is 15.5. The van der Waals surface area contributed by atoms with E-state index in [4.69, 9.17) is 16.3 Å². The van der Waals surface area contributed by atoms with Crippen molar-refractivity contribution >= 4 is 27.8 Å². The standard InChI is InChI=1S/C14H12ClNO4S/c1-20-13-8-12(17)6-7-14(13)21(18,19)16-9-10-2-4-11(15)5-3-10/h2-9,17H,1H3/b16-9+. The highest BCUT2D eigenvalue weighted by atomic mass is 35.5. The van der Waals surface area contributed by atoms with Crippen LogP contribution in [0, 0.1) is 0 Å². The van der Waals surface area contributed by atoms with E-state index in [1.165, 1.54) is 31.5 Å². The topological polar surface area (TPSA) is 76.0 Å². The molecule has 0 amide bonds. The van der Waals surface area contributed by atoms with Crippen LogP contribution >= 0.6 is 11.6 Å². The molecule has 0 radical (unpaired) electrons. The van der Waals surface area contributed by atoms with Gasteiger partial charge in [0.2, 0.25) is 0 Å². The van der Waals surface area contributed by atoms with E-state index in [1.807, 2.05) is 0 Å². The van der Waals surface area contributed by atoms with Crippen molar-refractivity contribution in [2.45, 2.75) is 4.90 Å². The molecule has 2 aromatic carbocycles. The third-order valence-corrected chi connectivity index (χ3v) is 4.16. The number of hydrogen-bond donors (Lipinski definition) is 1. The van der Waals surface area contributed by atoms with Crippen molar-refractivity contribution in [3.8, 4) is 11.5 Å². The minimum absolute atomic E-state index is 0.0308. The second kappa shape index (κ2) is 6.15. The van der Waals surface area contributed by atoms with Gasteiger partial charge in [0.15, 0.2) is 0 Å². The lowest BCUT2D eigenvalue weighted by atomic mass is 10.2. The molecule has 0 heterocycles. The summed E-state index contributed by atoms with van der Waals surface area (Å²) in [5, 5.41) is 9.89. The third kappa shape index (κ3) is 3.74. The van der Waals surface area contributed by atoms with Gasteiger partial charge in [-0.2, -0.15) is 12.8 Å². The van der Waals surface area contributed by atoms with Crippen LogP contribution in [-0.2, 0) is 10.0 Å². The molecule has 0 aliphatic carbocycles. The van der Waals surface area contributed by atoms with E-state index in [-0.39, 0.29) is 16.4 Å². The first-order chi connectivity index (χ1) is 9.92. The maximum Gasteiger partial charge on any atom is 0.285 e. The number of halogens is 1. The van der Waals surface area contributed by atoms with E-state index in [2.05, 4.69) is 4.40 Å². The van der Waals surface area contributed by atoms with Crippen LogP contribution in [0.3, 0.4) is 0 Å². The number of methoxy groups -OCH3 is 1. The number of phenols is 1. The third-order valence-electron chi connectivity index (χ3n) is 2.64. The molecule has 0 bridgehead atoms. The van der Waals surface area contributed by atoms with E-state index >= 15 is 0 Å². The van der Waals surface area contributed by atoms with Crippen LogP contribution in [0.4, 0.5) is 0 Å². The first-order valence-electron chi connectivity index (χ1n) is 5.85. The molecular formula is C14H12ClNO4S. The fourth-order valence-corrected chi connectivity index (χ4v) is 2.74. The van der Waals surface area contributed by atoms with E-state index in [0.717, 1.165) is 0 Å². The highest BCUT2D eigenvalue weighted by molar-refractivity contribution is 7.90. The molecule has 21 heavy (non-hydrogen) atoms. The number of phenolic OH excluding ortho intramolecular Hbond substituents is 1. The van der Waals surface area contributed by atoms with E-state index in [9.17, 15) is 13.5 Å². The van der Waals surface area contributed by atoms with Crippen molar-refractivity contribution in [2.24, 2.45) is 4.40 Å². The molecule has 7 heteroatoms. The zero-order valence-corrected chi connectivity index (χ0v) is 12.6. The molecule has 0 aliphatic heterocycles. The summed E-state index contributed by atoms with van der Waals surface area (Å²) < 4.78 is 32.9. The Morgan fingerprint density at radius 2 is 1.86 bits per heavy atom. The van der Waals surface area contributed by atoms with Crippen LogP contribution in [-0.4, -0.2) is 26.8 Å². The van der Waals surface area contributed by atoms with Gasteiger partial charge in [0.25, 0.3) is 10.0 Å². The maximum absolute atomic E-state index is 12.2. The number of ether oxygens (including phenoxy) is 1. The highest BCUT2D eigenvalue weighted by Crippen LogP contribution is 2.29. The first kappa shape index (κ1) is 15.3. The van der Waals surface area contributed by atoms with E-state index in [0.29, 0.717) is 10.6 Å². The average molecular weight is 326 g/mol. The van der Waals surface area contributed by atoms with Gasteiger partial charge in [0, 0.05) is 17.3 Å². The maximum atomic E-state index is 12.2. The van der Waals surface area contributed by atoms with Gasteiger partial charge in [-0.05, 0) is 29.8 Å². The van der Waals surface area contributed by atoms with Gasteiger partial charge < -0.3 is 9.84 Å². The number of rotatable bonds is 4. The molecule has 110 valence electrons. The molecule has 0 aliphatic rings. The number of benzene rings is 2. The SMILES string of the molecule is COc1cc(O)ccc1S(=O)(=O)/N=C/c1ccc(Cl)cc1. The summed E-state index contributed by atoms with van der Waals surface area (Å²) in [6, 6.07) is 10.3. The van der Waals surface area contributed by atoms with Gasteiger partial charge in [-0.15, -0.1) is 0 Å². The fraction of sp³-hybridized carbons (Fsp3) is 0.0714. The number of sulfonamides is 1. The van der Waals surface area contributed by atoms with Crippen molar-refractivity contribution in [1.29, 1.82) is 0 Å². The second-order valence-electron chi connectivity index (χ2n) is 4.10. The Morgan fingerprint density at radius 1 is 1.19 bits per heavy atom. The molecule has 0 fully saturated rings. The van der Waals surface area contributed by atoms with Crippen LogP contribution in [0.5, 0.6) is 11.5 Å². The first-order valence-corrected chi connectivity index (χ1v) is 7.67. The Balaban J connectivity index is 2.36. The highest BCUT2D eigenvalue weighted by Gasteiger charge is 2.18. The summed E-state index contributed by atoms with van der Waals surface area (Å²) in [5.41, 5.74) is 0.598. The van der Waals surface area contributed by atoms with Gasteiger partial charge in [-0.25, -0.2) is 0 Å². The molecule has 0 aromatic heterocycles. The number of aromatic hydroxyl groups is 1. The smallest absolute Gasteiger partial charge is 0.285 e. The molecule has 1 N–H and O–H groups in total. The number of hydrogen-bond acceptors (Lipinski definition) is 4. The van der Waals surface area contributed by atoms with Gasteiger partial charge in [0.1, 0.15) is 16.4 Å². The van der Waals surface area contributed by atoms with Crippen molar-refractivity contribution in [1.82, 2.24) is 0 Å². The molecule has 0 saturated carbocycles. The van der Waals surface area contributed by atoms with Crippen LogP contribution < -0.4 is 4.74 Å². The Labute approximate surface area is 127 Å². The quantitative estimate of drug-likeness (QED) is 0.877. The molecular weight excluding hydrogens is 314 g/mol. The average Bonchev–Trinajstić information content (AvgIpc) is 2.46. The van der Waals surface area contributed by atoms with E-state index < -0.39 is 10.0 Å². The minimum Gasteiger partial charge on any atom is -0.508 e. The molecule has 0 atom stereocenters. The Hall–Kier alpha value is -2.05. The lowest BCUT2D eigenvalue weighted by Crippen LogP contribution is -2.01. The largest absolute Gasteiger partial charge is 0.508 e. The van der Waals surface area contributed by atoms with Gasteiger partial charge in [-0.3, -0.25) is 0 Å². The second-order valence-corrected chi connectivity index (χ2v) is 6.13. The summed E-state index contributed by atoms with van der Waals surface area (Å²) in [4.78, 5) is -0.118. The summed E-state index contributed by atoms with van der Waals surface area (Å²) in [6.07, 6.45) is 1.22. The normalized spacial score (nSPS) is 11.7. The Morgan fingerprint density at radius 3 is 2.48 bits per heavy atom. The van der Waals surface area contributed by atoms with Crippen molar-refractivity contribution in [3.63, 3.8) is 0 Å². The van der Waals surface area contributed by atoms with Gasteiger partial charge in [0.05, 0.1) is 7.11 Å². The van der Waals surface area contributed by atoms with Crippen LogP contribution in [0.2, 0.25) is 5.02 Å². The monoisotopic (exact) mass is 325 g/mol. The van der Waals surface area contributed by atoms with Gasteiger partial charge in [-0.1, -0.05) is 23.7 Å². The van der Waals surface area contributed by atoms with Crippen molar-refractivity contribution in [2.75, 3.05) is 7.11 Å². The molecule has 0 spiro atoms.